The van der Waals surface area contributed by atoms with E-state index in [-0.39, 0.29) is 30.7 Å². The quantitative estimate of drug-likeness (QED) is 0.127. The first-order chi connectivity index (χ1) is 26.2. The van der Waals surface area contributed by atoms with Gasteiger partial charge in [0.05, 0.1) is 36.5 Å². The fourth-order valence-corrected chi connectivity index (χ4v) is 12.0. The van der Waals surface area contributed by atoms with E-state index in [1.165, 1.54) is 5.57 Å². The number of hydrogen-bond acceptors (Lipinski definition) is 5. The average Bonchev–Trinajstić information content (AvgIpc) is 3.58. The van der Waals surface area contributed by atoms with Crippen molar-refractivity contribution in [1.29, 1.82) is 0 Å². The van der Waals surface area contributed by atoms with Crippen LogP contribution < -0.4 is 9.80 Å². The van der Waals surface area contributed by atoms with Crippen molar-refractivity contribution < 1.29 is 28.3 Å². The molecule has 4 aliphatic heterocycles. The zero-order valence-electron chi connectivity index (χ0n) is 33.0. The van der Waals surface area contributed by atoms with Crippen molar-refractivity contribution in [2.24, 2.45) is 5.92 Å². The Labute approximate surface area is 325 Å². The van der Waals surface area contributed by atoms with E-state index in [0.717, 1.165) is 40.8 Å². The molecule has 7 rings (SSSR count). The van der Waals surface area contributed by atoms with Crippen molar-refractivity contribution >= 4 is 43.2 Å². The summed E-state index contributed by atoms with van der Waals surface area (Å²) in [6, 6.07) is 21.1. The summed E-state index contributed by atoms with van der Waals surface area (Å²) in [5.41, 5.74) is 6.07. The Hall–Kier alpha value is -4.38. The largest absolute Gasteiger partial charge is 0.394 e. The van der Waals surface area contributed by atoms with E-state index in [9.17, 15) is 14.7 Å². The van der Waals surface area contributed by atoms with E-state index in [2.05, 4.69) is 32.9 Å². The third-order valence-electron chi connectivity index (χ3n) is 12.3. The van der Waals surface area contributed by atoms with Gasteiger partial charge in [0.25, 0.3) is 5.91 Å². The number of allylic oxidation sites excluding steroid dienone is 3. The zero-order valence-corrected chi connectivity index (χ0v) is 34.0. The van der Waals surface area contributed by atoms with Gasteiger partial charge >= 0.3 is 0 Å². The monoisotopic (exact) mass is 763 g/mol. The number of halogens is 1. The third-order valence-corrected chi connectivity index (χ3v) is 14.7. The number of carbonyl (C=O) groups excluding carboxylic acids is 3. The fourth-order valence-electron chi connectivity index (χ4n) is 9.54. The van der Waals surface area contributed by atoms with Crippen LogP contribution in [0.3, 0.4) is 0 Å². The second-order valence-electron chi connectivity index (χ2n) is 16.7. The molecule has 3 aromatic carbocycles. The smallest absolute Gasteiger partial charge is 0.264 e. The topological polar surface area (TPSA) is 90.4 Å². The maximum Gasteiger partial charge on any atom is 0.264 e. The highest BCUT2D eigenvalue weighted by Gasteiger charge is 2.67. The summed E-state index contributed by atoms with van der Waals surface area (Å²) in [5.74, 6) is -1.15. The van der Waals surface area contributed by atoms with Crippen molar-refractivity contribution in [3.63, 3.8) is 0 Å². The van der Waals surface area contributed by atoms with E-state index in [1.807, 2.05) is 73.7 Å². The van der Waals surface area contributed by atoms with Gasteiger partial charge in [0.2, 0.25) is 20.2 Å². The Kier molecular flexibility index (Phi) is 10.8. The second-order valence-corrected chi connectivity index (χ2v) is 20.4. The van der Waals surface area contributed by atoms with Crippen LogP contribution in [0.4, 0.5) is 21.2 Å². The molecule has 1 fully saturated rings. The number of anilines is 3. The number of ether oxygens (including phenoxy) is 1. The number of hydrogen-bond donors (Lipinski definition) is 1. The molecule has 1 N–H and O–H groups in total. The Balaban J connectivity index is 1.29. The van der Waals surface area contributed by atoms with Crippen LogP contribution in [0.1, 0.15) is 75.6 Å². The summed E-state index contributed by atoms with van der Waals surface area (Å²) < 4.78 is 23.8. The number of aryl methyl sites for hydroxylation is 1. The predicted octanol–water partition coefficient (Wildman–Crippen LogP) is 8.45. The van der Waals surface area contributed by atoms with Gasteiger partial charge in [-0.25, -0.2) is 0 Å². The van der Waals surface area contributed by atoms with Gasteiger partial charge in [-0.3, -0.25) is 19.3 Å². The van der Waals surface area contributed by atoms with E-state index >= 15 is 8.90 Å². The maximum atomic E-state index is 16.8. The van der Waals surface area contributed by atoms with Crippen molar-refractivity contribution in [1.82, 2.24) is 4.90 Å². The van der Waals surface area contributed by atoms with Crippen LogP contribution in [0.2, 0.25) is 18.6 Å². The molecule has 290 valence electrons. The first kappa shape index (κ1) is 38.9. The molecular weight excluding hydrogens is 710 g/mol. The lowest BCUT2D eigenvalue weighted by atomic mass is 9.82. The van der Waals surface area contributed by atoms with E-state index in [0.29, 0.717) is 49.3 Å². The van der Waals surface area contributed by atoms with Crippen LogP contribution in [0.5, 0.6) is 0 Å². The van der Waals surface area contributed by atoms with Crippen LogP contribution >= 0.6 is 0 Å². The molecule has 3 aromatic rings. The highest BCUT2D eigenvalue weighted by molar-refractivity contribution is 6.72. The first-order valence-electron chi connectivity index (χ1n) is 19.7. The minimum atomic E-state index is -3.58. The molecule has 55 heavy (non-hydrogen) atoms. The van der Waals surface area contributed by atoms with Crippen LogP contribution in [-0.2, 0) is 44.1 Å². The minimum Gasteiger partial charge on any atom is -0.394 e. The number of carbonyl (C=O) groups is 3. The normalized spacial score (nSPS) is 24.9. The van der Waals surface area contributed by atoms with Gasteiger partial charge < -0.3 is 23.8 Å². The summed E-state index contributed by atoms with van der Waals surface area (Å²) in [6.07, 6.45) is 6.60. The number of amides is 3. The lowest BCUT2D eigenvalue weighted by Crippen LogP contribution is -2.48. The Bertz CT molecular complexity index is 2050. The molecular formula is C45H54FN3O5Si. The Morgan fingerprint density at radius 3 is 2.38 bits per heavy atom. The summed E-state index contributed by atoms with van der Waals surface area (Å²) >= 11 is 0. The van der Waals surface area contributed by atoms with Gasteiger partial charge in [0.15, 0.2) is 5.60 Å². The molecule has 0 unspecified atom stereocenters. The second kappa shape index (κ2) is 15.3. The highest BCUT2D eigenvalue weighted by Crippen LogP contribution is 2.61. The standard InChI is InChI=1S/C45H54FN3O5Si/c1-29(2)12-11-13-30(3)22-23-47-39-20-19-35(49-38-17-10-9-14-32(38)18-21-41(49)51)25-37(39)45(44(47)53)31(4)43(55(5,6)46)40(54-45)26-42(52)48-27-34-16-8-7-15-33(34)24-36(48)28-50/h7-10,12,14-17,19-20,22,25,31,36,40,43,50H,11,13,18,21,23-24,26-28H2,1-6H3/b30-22+/t31-,36-,40+,43-,45+/m0/s1. The van der Waals surface area contributed by atoms with Crippen LogP contribution in [0.15, 0.2) is 90.0 Å². The number of fused-ring (bicyclic) bond motifs is 4. The van der Waals surface area contributed by atoms with Crippen LogP contribution in [0, 0.1) is 5.92 Å². The molecule has 0 bridgehead atoms. The molecule has 10 heteroatoms. The summed E-state index contributed by atoms with van der Waals surface area (Å²) in [5, 5.41) is 10.4. The third kappa shape index (κ3) is 7.13. The number of nitrogens with zero attached hydrogens (tertiary/aromatic N) is 3. The Morgan fingerprint density at radius 2 is 1.67 bits per heavy atom. The van der Waals surface area contributed by atoms with E-state index in [4.69, 9.17) is 4.74 Å². The number of para-hydroxylation sites is 1. The molecule has 4 aliphatic rings. The van der Waals surface area contributed by atoms with Crippen molar-refractivity contribution in [2.45, 2.75) is 109 Å². The van der Waals surface area contributed by atoms with Gasteiger partial charge in [0.1, 0.15) is 0 Å². The highest BCUT2D eigenvalue weighted by atomic mass is 28.4. The predicted molar refractivity (Wildman–Crippen MR) is 217 cm³/mol. The average molecular weight is 764 g/mol. The lowest BCUT2D eigenvalue weighted by Gasteiger charge is -2.37. The van der Waals surface area contributed by atoms with Gasteiger partial charge in [-0.2, -0.15) is 0 Å². The molecule has 0 aliphatic carbocycles. The molecule has 1 saturated heterocycles. The molecule has 5 atom stereocenters. The number of aliphatic hydroxyl groups is 1. The molecule has 0 radical (unpaired) electrons. The molecule has 3 amide bonds. The van der Waals surface area contributed by atoms with Gasteiger partial charge in [-0.1, -0.05) is 72.7 Å². The number of benzene rings is 3. The molecule has 4 heterocycles. The number of aliphatic hydroxyl groups excluding tert-OH is 1. The minimum absolute atomic E-state index is 0.0376. The molecule has 0 aromatic heterocycles. The van der Waals surface area contributed by atoms with E-state index in [1.54, 1.807) is 27.8 Å². The van der Waals surface area contributed by atoms with Crippen LogP contribution in [0.25, 0.3) is 0 Å². The van der Waals surface area contributed by atoms with Gasteiger partial charge in [-0.15, -0.1) is 0 Å². The van der Waals surface area contributed by atoms with Gasteiger partial charge in [-0.05, 0) is 101 Å². The number of rotatable bonds is 10. The summed E-state index contributed by atoms with van der Waals surface area (Å²) in [4.78, 5) is 48.2. The summed E-state index contributed by atoms with van der Waals surface area (Å²) in [6.45, 7) is 11.9. The fraction of sp³-hybridized carbons (Fsp3) is 0.444. The Morgan fingerprint density at radius 1 is 0.964 bits per heavy atom. The molecule has 1 spiro atoms. The zero-order chi connectivity index (χ0) is 39.2. The van der Waals surface area contributed by atoms with Crippen molar-refractivity contribution in [3.05, 3.63) is 112 Å². The first-order valence-corrected chi connectivity index (χ1v) is 22.7. The molecule has 8 nitrogen and oxygen atoms in total. The van der Waals surface area contributed by atoms with Gasteiger partial charge in [0, 0.05) is 42.2 Å². The van der Waals surface area contributed by atoms with Crippen molar-refractivity contribution in [2.75, 3.05) is 23.0 Å². The van der Waals surface area contributed by atoms with E-state index < -0.39 is 37.6 Å². The molecule has 0 saturated carbocycles. The summed E-state index contributed by atoms with van der Waals surface area (Å²) in [7, 11) is -3.58. The maximum absolute atomic E-state index is 16.8. The lowest BCUT2D eigenvalue weighted by molar-refractivity contribution is -0.150. The van der Waals surface area contributed by atoms with Crippen molar-refractivity contribution in [3.8, 4) is 0 Å². The van der Waals surface area contributed by atoms with Crippen LogP contribution in [-0.4, -0.2) is 61.4 Å². The SMILES string of the molecule is CC(C)=CCC/C(C)=C/CN1C(=O)[C@]2(O[C@H](CC(=O)N3Cc4ccccc4C[C@H]3CO)[C@@H]([Si](C)(C)F)[C@@H]2C)c2cc(N3C(=O)CCc4ccccc43)ccc21.